The van der Waals surface area contributed by atoms with Gasteiger partial charge in [-0.3, -0.25) is 15.2 Å². The van der Waals surface area contributed by atoms with Crippen LogP contribution >= 0.6 is 0 Å². The SMILES string of the molecule is C=C1OC(c2cnc(C(=O)N(C)C)cc2OC)=CC1=N. The molecule has 0 saturated heterocycles. The van der Waals surface area contributed by atoms with Crippen LogP contribution in [0.2, 0.25) is 0 Å². The average molecular weight is 273 g/mol. The molecule has 0 saturated carbocycles. The maximum atomic E-state index is 11.9. The lowest BCUT2D eigenvalue weighted by atomic mass is 10.1. The normalized spacial score (nSPS) is 13.8. The molecule has 0 aliphatic carbocycles. The van der Waals surface area contributed by atoms with E-state index in [1.807, 2.05) is 0 Å². The second-order valence-corrected chi connectivity index (χ2v) is 4.42. The van der Waals surface area contributed by atoms with Gasteiger partial charge in [0.2, 0.25) is 0 Å². The van der Waals surface area contributed by atoms with E-state index in [1.165, 1.54) is 24.3 Å². The number of carbonyl (C=O) groups is 1. The number of carbonyl (C=O) groups excluding carboxylic acids is 1. The van der Waals surface area contributed by atoms with Gasteiger partial charge in [0.05, 0.1) is 18.4 Å². The third kappa shape index (κ3) is 2.40. The molecular weight excluding hydrogens is 258 g/mol. The van der Waals surface area contributed by atoms with Crippen molar-refractivity contribution < 1.29 is 14.3 Å². The first kappa shape index (κ1) is 13.8. The van der Waals surface area contributed by atoms with Crippen molar-refractivity contribution >= 4 is 17.4 Å². The number of ether oxygens (including phenoxy) is 2. The predicted octanol–water partition coefficient (Wildman–Crippen LogP) is 1.70. The van der Waals surface area contributed by atoms with Crippen LogP contribution in [0.5, 0.6) is 5.75 Å². The molecule has 0 bridgehead atoms. The van der Waals surface area contributed by atoms with Crippen molar-refractivity contribution in [2.75, 3.05) is 21.2 Å². The third-order valence-corrected chi connectivity index (χ3v) is 2.79. The zero-order valence-electron chi connectivity index (χ0n) is 11.6. The molecule has 2 rings (SSSR count). The van der Waals surface area contributed by atoms with Gasteiger partial charge in [-0.1, -0.05) is 6.58 Å². The van der Waals surface area contributed by atoms with Gasteiger partial charge < -0.3 is 14.4 Å². The molecule has 0 atom stereocenters. The van der Waals surface area contributed by atoms with Crippen LogP contribution in [0.1, 0.15) is 16.1 Å². The zero-order chi connectivity index (χ0) is 14.9. The highest BCUT2D eigenvalue weighted by Gasteiger charge is 2.22. The Morgan fingerprint density at radius 3 is 2.70 bits per heavy atom. The molecule has 0 radical (unpaired) electrons. The molecule has 20 heavy (non-hydrogen) atoms. The molecule has 1 aliphatic rings. The molecule has 1 aromatic rings. The fourth-order valence-electron chi connectivity index (χ4n) is 1.70. The number of methoxy groups -OCH3 is 1. The summed E-state index contributed by atoms with van der Waals surface area (Å²) in [6, 6.07) is 1.55. The van der Waals surface area contributed by atoms with Gasteiger partial charge >= 0.3 is 0 Å². The maximum absolute atomic E-state index is 11.9. The summed E-state index contributed by atoms with van der Waals surface area (Å²) < 4.78 is 10.6. The summed E-state index contributed by atoms with van der Waals surface area (Å²) in [5.41, 5.74) is 1.06. The van der Waals surface area contributed by atoms with Crippen LogP contribution < -0.4 is 4.74 Å². The van der Waals surface area contributed by atoms with Crippen LogP contribution in [0.4, 0.5) is 0 Å². The van der Waals surface area contributed by atoms with E-state index in [4.69, 9.17) is 14.9 Å². The Kier molecular flexibility index (Phi) is 3.56. The fraction of sp³-hybridized carbons (Fsp3) is 0.214. The van der Waals surface area contributed by atoms with Crippen molar-refractivity contribution in [3.8, 4) is 5.75 Å². The minimum atomic E-state index is -0.215. The smallest absolute Gasteiger partial charge is 0.272 e. The Bertz CT molecular complexity index is 633. The molecule has 0 spiro atoms. The summed E-state index contributed by atoms with van der Waals surface area (Å²) in [4.78, 5) is 17.4. The Morgan fingerprint density at radius 1 is 1.50 bits per heavy atom. The van der Waals surface area contributed by atoms with E-state index >= 15 is 0 Å². The molecule has 1 aromatic heterocycles. The standard InChI is InChI=1S/C14H15N3O3/c1-8-10(15)5-13(20-8)9-7-16-11(6-12(9)19-4)14(18)17(2)3/h5-7,15H,1H2,2-4H3. The molecule has 0 aromatic carbocycles. The second kappa shape index (κ2) is 5.16. The number of nitrogens with one attached hydrogen (secondary N) is 1. The fourth-order valence-corrected chi connectivity index (χ4v) is 1.70. The number of hydrogen-bond acceptors (Lipinski definition) is 5. The van der Waals surface area contributed by atoms with Gasteiger partial charge in [-0.25, -0.2) is 0 Å². The first-order chi connectivity index (χ1) is 9.43. The van der Waals surface area contributed by atoms with E-state index in [9.17, 15) is 4.79 Å². The molecule has 6 nitrogen and oxygen atoms in total. The lowest BCUT2D eigenvalue weighted by Gasteiger charge is -2.13. The monoisotopic (exact) mass is 273 g/mol. The lowest BCUT2D eigenvalue weighted by molar-refractivity contribution is 0.0821. The average Bonchev–Trinajstić information content (AvgIpc) is 2.76. The van der Waals surface area contributed by atoms with E-state index in [1.54, 1.807) is 20.2 Å². The van der Waals surface area contributed by atoms with Crippen LogP contribution in [0.25, 0.3) is 5.76 Å². The quantitative estimate of drug-likeness (QED) is 0.909. The van der Waals surface area contributed by atoms with E-state index in [-0.39, 0.29) is 23.1 Å². The molecule has 2 heterocycles. The minimum absolute atomic E-state index is 0.204. The Labute approximate surface area is 116 Å². The molecule has 0 fully saturated rings. The summed E-state index contributed by atoms with van der Waals surface area (Å²) in [7, 11) is 4.80. The van der Waals surface area contributed by atoms with Crippen LogP contribution in [-0.4, -0.2) is 42.7 Å². The summed E-state index contributed by atoms with van der Waals surface area (Å²) >= 11 is 0. The van der Waals surface area contributed by atoms with Crippen LogP contribution in [-0.2, 0) is 4.74 Å². The lowest BCUT2D eigenvalue weighted by Crippen LogP contribution is -2.22. The summed E-state index contributed by atoms with van der Waals surface area (Å²) in [6.45, 7) is 3.61. The highest BCUT2D eigenvalue weighted by molar-refractivity contribution is 6.11. The van der Waals surface area contributed by atoms with Gasteiger partial charge in [0.25, 0.3) is 5.91 Å². The molecule has 1 amide bonds. The van der Waals surface area contributed by atoms with Gasteiger partial charge in [0.1, 0.15) is 23.0 Å². The van der Waals surface area contributed by atoms with Gasteiger partial charge in [0, 0.05) is 32.4 Å². The van der Waals surface area contributed by atoms with Crippen molar-refractivity contribution in [3.05, 3.63) is 41.9 Å². The predicted molar refractivity (Wildman–Crippen MR) is 74.7 cm³/mol. The number of amides is 1. The maximum Gasteiger partial charge on any atom is 0.272 e. The van der Waals surface area contributed by atoms with Crippen LogP contribution in [0, 0.1) is 5.41 Å². The number of aromatic nitrogens is 1. The summed E-state index contributed by atoms with van der Waals surface area (Å²) in [5.74, 6) is 0.955. The first-order valence-electron chi connectivity index (χ1n) is 5.87. The van der Waals surface area contributed by atoms with Gasteiger partial charge in [0.15, 0.2) is 0 Å². The van der Waals surface area contributed by atoms with E-state index in [2.05, 4.69) is 11.6 Å². The molecule has 1 N–H and O–H groups in total. The van der Waals surface area contributed by atoms with Gasteiger partial charge in [-0.2, -0.15) is 0 Å². The molecular formula is C14H15N3O3. The van der Waals surface area contributed by atoms with E-state index < -0.39 is 0 Å². The van der Waals surface area contributed by atoms with Gasteiger partial charge in [-0.15, -0.1) is 0 Å². The van der Waals surface area contributed by atoms with E-state index in [0.717, 1.165) is 0 Å². The largest absolute Gasteiger partial charge is 0.496 e. The van der Waals surface area contributed by atoms with E-state index in [0.29, 0.717) is 17.1 Å². The third-order valence-electron chi connectivity index (χ3n) is 2.79. The molecule has 104 valence electrons. The van der Waals surface area contributed by atoms with Crippen molar-refractivity contribution in [1.29, 1.82) is 5.41 Å². The van der Waals surface area contributed by atoms with Crippen molar-refractivity contribution in [1.82, 2.24) is 9.88 Å². The molecule has 1 aliphatic heterocycles. The van der Waals surface area contributed by atoms with Crippen molar-refractivity contribution in [3.63, 3.8) is 0 Å². The molecule has 0 unspecified atom stereocenters. The van der Waals surface area contributed by atoms with Crippen molar-refractivity contribution in [2.45, 2.75) is 0 Å². The summed E-state index contributed by atoms with van der Waals surface area (Å²) in [5, 5.41) is 7.61. The first-order valence-corrected chi connectivity index (χ1v) is 5.87. The summed E-state index contributed by atoms with van der Waals surface area (Å²) in [6.07, 6.45) is 3.03. The van der Waals surface area contributed by atoms with Crippen LogP contribution in [0.15, 0.2) is 30.7 Å². The molecule has 6 heteroatoms. The number of pyridine rings is 1. The van der Waals surface area contributed by atoms with Crippen LogP contribution in [0.3, 0.4) is 0 Å². The number of allylic oxidation sites excluding steroid dienone is 1. The topological polar surface area (TPSA) is 75.5 Å². The Hall–Kier alpha value is -2.63. The van der Waals surface area contributed by atoms with Gasteiger partial charge in [-0.05, 0) is 0 Å². The zero-order valence-corrected chi connectivity index (χ0v) is 11.6. The number of nitrogens with zero attached hydrogens (tertiary/aromatic N) is 2. The number of rotatable bonds is 3. The second-order valence-electron chi connectivity index (χ2n) is 4.42. The highest BCUT2D eigenvalue weighted by atomic mass is 16.5. The number of hydrogen-bond donors (Lipinski definition) is 1. The highest BCUT2D eigenvalue weighted by Crippen LogP contribution is 2.32. The Balaban J connectivity index is 2.42. The van der Waals surface area contributed by atoms with Crippen molar-refractivity contribution in [2.24, 2.45) is 0 Å². The Morgan fingerprint density at radius 2 is 2.20 bits per heavy atom. The minimum Gasteiger partial charge on any atom is -0.496 e.